The molecule has 1 aliphatic rings. The number of sulfonamides is 1. The van der Waals surface area contributed by atoms with E-state index >= 15 is 0 Å². The van der Waals surface area contributed by atoms with Gasteiger partial charge in [-0.05, 0) is 75.1 Å². The van der Waals surface area contributed by atoms with Gasteiger partial charge < -0.3 is 10.1 Å². The van der Waals surface area contributed by atoms with Crippen molar-refractivity contribution < 1.29 is 17.9 Å². The number of amides is 1. The van der Waals surface area contributed by atoms with Gasteiger partial charge in [-0.2, -0.15) is 4.31 Å². The van der Waals surface area contributed by atoms with E-state index in [-0.39, 0.29) is 22.9 Å². The van der Waals surface area contributed by atoms with E-state index in [1.165, 1.54) is 22.5 Å². The molecule has 1 aliphatic heterocycles. The van der Waals surface area contributed by atoms with Gasteiger partial charge >= 0.3 is 0 Å². The molecule has 208 valence electrons. The van der Waals surface area contributed by atoms with Gasteiger partial charge in [0.25, 0.3) is 5.91 Å². The molecule has 7 nitrogen and oxygen atoms in total. The van der Waals surface area contributed by atoms with Crippen LogP contribution in [0.3, 0.4) is 0 Å². The van der Waals surface area contributed by atoms with Gasteiger partial charge in [-0.15, -0.1) is 0 Å². The van der Waals surface area contributed by atoms with E-state index in [4.69, 9.17) is 4.74 Å². The van der Waals surface area contributed by atoms with Crippen molar-refractivity contribution in [1.82, 2.24) is 14.5 Å². The lowest BCUT2D eigenvalue weighted by atomic mass is 9.98. The first kappa shape index (κ1) is 28.8. The molecule has 1 amide bonds. The van der Waals surface area contributed by atoms with E-state index in [0.29, 0.717) is 30.8 Å². The number of hydrogen-bond donors (Lipinski definition) is 1. The van der Waals surface area contributed by atoms with Crippen molar-refractivity contribution in [3.63, 3.8) is 0 Å². The second-order valence-corrected chi connectivity index (χ2v) is 13.0. The van der Waals surface area contributed by atoms with Crippen LogP contribution in [-0.2, 0) is 29.5 Å². The molecule has 0 spiro atoms. The molecule has 0 fully saturated rings. The standard InChI is InChI=1S/C31H39N3O4S/c1-23-9-11-24(12-10-23)21-33(31(2,3)4)18-16-32-30(35)26-13-14-27-22-34(17-15-25(27)19-26)39(36,37)29-8-6-7-28(20-29)38-5/h6-14,19-20H,15-18,21-22H2,1-5H3,(H,32,35). The second-order valence-electron chi connectivity index (χ2n) is 11.1. The molecule has 0 unspecified atom stereocenters. The molecule has 0 bridgehead atoms. The maximum atomic E-state index is 13.2. The Morgan fingerprint density at radius 3 is 2.46 bits per heavy atom. The number of nitrogens with zero attached hydrogens (tertiary/aromatic N) is 2. The summed E-state index contributed by atoms with van der Waals surface area (Å²) in [5.74, 6) is 0.387. The van der Waals surface area contributed by atoms with E-state index < -0.39 is 10.0 Å². The molecule has 1 heterocycles. The summed E-state index contributed by atoms with van der Waals surface area (Å²) in [5, 5.41) is 3.07. The number of methoxy groups -OCH3 is 1. The predicted octanol–water partition coefficient (Wildman–Crippen LogP) is 4.78. The number of hydrogen-bond acceptors (Lipinski definition) is 5. The number of fused-ring (bicyclic) bond motifs is 1. The summed E-state index contributed by atoms with van der Waals surface area (Å²) in [4.78, 5) is 15.6. The number of carbonyl (C=O) groups excluding carboxylic acids is 1. The highest BCUT2D eigenvalue weighted by molar-refractivity contribution is 7.89. The molecule has 4 rings (SSSR count). The lowest BCUT2D eigenvalue weighted by molar-refractivity contribution is 0.0921. The molecule has 0 aromatic heterocycles. The van der Waals surface area contributed by atoms with Crippen LogP contribution in [-0.4, -0.2) is 55.8 Å². The van der Waals surface area contributed by atoms with Crippen molar-refractivity contribution in [3.05, 3.63) is 94.5 Å². The Morgan fingerprint density at radius 2 is 1.77 bits per heavy atom. The average Bonchev–Trinajstić information content (AvgIpc) is 2.92. The van der Waals surface area contributed by atoms with Crippen LogP contribution in [0.15, 0.2) is 71.6 Å². The van der Waals surface area contributed by atoms with Gasteiger partial charge in [-0.1, -0.05) is 42.0 Å². The quantitative estimate of drug-likeness (QED) is 0.416. The Labute approximate surface area is 232 Å². The summed E-state index contributed by atoms with van der Waals surface area (Å²) >= 11 is 0. The van der Waals surface area contributed by atoms with Crippen LogP contribution in [0.5, 0.6) is 5.75 Å². The monoisotopic (exact) mass is 549 g/mol. The summed E-state index contributed by atoms with van der Waals surface area (Å²) in [6.45, 7) is 11.3. The summed E-state index contributed by atoms with van der Waals surface area (Å²) < 4.78 is 33.1. The molecule has 0 aliphatic carbocycles. The first-order chi connectivity index (χ1) is 18.5. The first-order valence-electron chi connectivity index (χ1n) is 13.3. The molecular formula is C31H39N3O4S. The number of nitrogens with one attached hydrogen (secondary N) is 1. The zero-order chi connectivity index (χ0) is 28.2. The van der Waals surface area contributed by atoms with Gasteiger partial charge in [0, 0.05) is 49.9 Å². The topological polar surface area (TPSA) is 79.0 Å². The van der Waals surface area contributed by atoms with Crippen molar-refractivity contribution in [2.24, 2.45) is 0 Å². The highest BCUT2D eigenvalue weighted by Crippen LogP contribution is 2.27. The number of ether oxygens (including phenoxy) is 1. The van der Waals surface area contributed by atoms with E-state index in [1.807, 2.05) is 12.1 Å². The number of aryl methyl sites for hydroxylation is 1. The van der Waals surface area contributed by atoms with Crippen molar-refractivity contribution in [1.29, 1.82) is 0 Å². The molecule has 0 saturated heterocycles. The predicted molar refractivity (Wildman–Crippen MR) is 154 cm³/mol. The zero-order valence-corrected chi connectivity index (χ0v) is 24.3. The van der Waals surface area contributed by atoms with Crippen molar-refractivity contribution >= 4 is 15.9 Å². The van der Waals surface area contributed by atoms with E-state index in [0.717, 1.165) is 24.2 Å². The van der Waals surface area contributed by atoms with Crippen molar-refractivity contribution in [2.75, 3.05) is 26.7 Å². The minimum absolute atomic E-state index is 0.0431. The molecule has 3 aromatic rings. The molecule has 1 N–H and O–H groups in total. The van der Waals surface area contributed by atoms with Crippen LogP contribution in [0.1, 0.15) is 53.4 Å². The Morgan fingerprint density at radius 1 is 1.03 bits per heavy atom. The maximum Gasteiger partial charge on any atom is 0.251 e. The fraction of sp³-hybridized carbons (Fsp3) is 0.387. The fourth-order valence-electron chi connectivity index (χ4n) is 4.76. The Bertz CT molecular complexity index is 1410. The molecule has 3 aromatic carbocycles. The van der Waals surface area contributed by atoms with Gasteiger partial charge in [0.2, 0.25) is 10.0 Å². The molecule has 0 atom stereocenters. The minimum Gasteiger partial charge on any atom is -0.497 e. The van der Waals surface area contributed by atoms with Crippen LogP contribution in [0.25, 0.3) is 0 Å². The fourth-order valence-corrected chi connectivity index (χ4v) is 6.21. The third kappa shape index (κ3) is 7.06. The van der Waals surface area contributed by atoms with Crippen LogP contribution >= 0.6 is 0 Å². The molecule has 39 heavy (non-hydrogen) atoms. The third-order valence-electron chi connectivity index (χ3n) is 7.23. The van der Waals surface area contributed by atoms with E-state index in [1.54, 1.807) is 30.3 Å². The molecule has 8 heteroatoms. The summed E-state index contributed by atoms with van der Waals surface area (Å²) in [7, 11) is -2.14. The van der Waals surface area contributed by atoms with Crippen LogP contribution in [0.2, 0.25) is 0 Å². The lowest BCUT2D eigenvalue weighted by Crippen LogP contribution is -2.45. The maximum absolute atomic E-state index is 13.2. The van der Waals surface area contributed by atoms with Crippen LogP contribution in [0, 0.1) is 6.92 Å². The SMILES string of the molecule is COc1cccc(S(=O)(=O)N2CCc3cc(C(=O)NCCN(Cc4ccc(C)cc4)C(C)(C)C)ccc3C2)c1. The summed E-state index contributed by atoms with van der Waals surface area (Å²) in [5.41, 5.74) is 4.97. The Kier molecular flexibility index (Phi) is 8.79. The summed E-state index contributed by atoms with van der Waals surface area (Å²) in [6.07, 6.45) is 0.550. The Balaban J connectivity index is 1.37. The number of carbonyl (C=O) groups is 1. The highest BCUT2D eigenvalue weighted by Gasteiger charge is 2.29. The van der Waals surface area contributed by atoms with Crippen LogP contribution < -0.4 is 10.1 Å². The smallest absolute Gasteiger partial charge is 0.251 e. The van der Waals surface area contributed by atoms with Gasteiger partial charge in [-0.3, -0.25) is 9.69 Å². The minimum atomic E-state index is -3.65. The van der Waals surface area contributed by atoms with Crippen molar-refractivity contribution in [2.45, 2.75) is 57.6 Å². The van der Waals surface area contributed by atoms with Crippen LogP contribution in [0.4, 0.5) is 0 Å². The van der Waals surface area contributed by atoms with Gasteiger partial charge in [0.15, 0.2) is 0 Å². The summed E-state index contributed by atoms with van der Waals surface area (Å²) in [6, 6.07) is 20.6. The average molecular weight is 550 g/mol. The lowest BCUT2D eigenvalue weighted by Gasteiger charge is -2.36. The third-order valence-corrected chi connectivity index (χ3v) is 9.08. The molecule has 0 saturated carbocycles. The van der Waals surface area contributed by atoms with E-state index in [9.17, 15) is 13.2 Å². The molecule has 0 radical (unpaired) electrons. The van der Waals surface area contributed by atoms with E-state index in [2.05, 4.69) is 62.2 Å². The normalized spacial score (nSPS) is 14.2. The largest absolute Gasteiger partial charge is 0.497 e. The highest BCUT2D eigenvalue weighted by atomic mass is 32.2. The number of rotatable bonds is 9. The van der Waals surface area contributed by atoms with Gasteiger partial charge in [-0.25, -0.2) is 8.42 Å². The molecular weight excluding hydrogens is 510 g/mol. The van der Waals surface area contributed by atoms with Gasteiger partial charge in [0.1, 0.15) is 5.75 Å². The Hall–Kier alpha value is -3.20. The van der Waals surface area contributed by atoms with Gasteiger partial charge in [0.05, 0.1) is 12.0 Å². The van der Waals surface area contributed by atoms with Crippen molar-refractivity contribution in [3.8, 4) is 5.75 Å². The second kappa shape index (κ2) is 11.9. The number of benzene rings is 3. The first-order valence-corrected chi connectivity index (χ1v) is 14.8. The zero-order valence-electron chi connectivity index (χ0n) is 23.5.